The number of nitrogens with zero attached hydrogens (tertiary/aromatic N) is 1. The van der Waals surface area contributed by atoms with Gasteiger partial charge < -0.3 is 5.32 Å². The zero-order chi connectivity index (χ0) is 13.4. The third kappa shape index (κ3) is 3.61. The predicted octanol–water partition coefficient (Wildman–Crippen LogP) is 1.91. The lowest BCUT2D eigenvalue weighted by molar-refractivity contribution is -0.157. The van der Waals surface area contributed by atoms with Gasteiger partial charge in [0.25, 0.3) is 0 Å². The summed E-state index contributed by atoms with van der Waals surface area (Å²) in [7, 11) is 0. The molecule has 1 atom stereocenters. The fourth-order valence-corrected chi connectivity index (χ4v) is 1.54. The second-order valence-electron chi connectivity index (χ2n) is 5.17. The summed E-state index contributed by atoms with van der Waals surface area (Å²) in [5.74, 6) is -0.786. The Bertz CT molecular complexity index is 315. The van der Waals surface area contributed by atoms with Crippen LogP contribution in [0.4, 0.5) is 18.0 Å². The molecule has 3 amide bonds. The molecule has 1 aliphatic heterocycles. The molecule has 1 aliphatic rings. The molecule has 0 aromatic carbocycles. The lowest BCUT2D eigenvalue weighted by Crippen LogP contribution is -2.59. The predicted molar refractivity (Wildman–Crippen MR) is 54.2 cm³/mol. The molecule has 0 radical (unpaired) electrons. The summed E-state index contributed by atoms with van der Waals surface area (Å²) in [5, 5.41) is 2.43. The molecule has 0 spiro atoms. The van der Waals surface area contributed by atoms with Crippen LogP contribution in [0.25, 0.3) is 0 Å². The first-order valence-electron chi connectivity index (χ1n) is 5.18. The normalized spacial score (nSPS) is 22.7. The van der Waals surface area contributed by atoms with E-state index in [-0.39, 0.29) is 16.7 Å². The number of nitrogens with one attached hydrogen (secondary N) is 1. The van der Waals surface area contributed by atoms with Crippen LogP contribution in [0, 0.1) is 5.41 Å². The second-order valence-corrected chi connectivity index (χ2v) is 5.17. The summed E-state index contributed by atoms with van der Waals surface area (Å²) in [6, 6.07) is -1.41. The van der Waals surface area contributed by atoms with E-state index >= 15 is 0 Å². The van der Waals surface area contributed by atoms with E-state index in [0.29, 0.717) is 0 Å². The highest BCUT2D eigenvalue weighted by atomic mass is 19.4. The summed E-state index contributed by atoms with van der Waals surface area (Å²) >= 11 is 0. The molecule has 4 nitrogen and oxygen atoms in total. The number of amides is 3. The molecule has 1 N–H and O–H groups in total. The Kier molecular flexibility index (Phi) is 3.40. The van der Waals surface area contributed by atoms with Gasteiger partial charge in [0.2, 0.25) is 5.91 Å². The van der Waals surface area contributed by atoms with Crippen LogP contribution in [0.3, 0.4) is 0 Å². The van der Waals surface area contributed by atoms with E-state index in [0.717, 1.165) is 0 Å². The average molecular weight is 252 g/mol. The molecule has 98 valence electrons. The van der Waals surface area contributed by atoms with Gasteiger partial charge in [-0.15, -0.1) is 0 Å². The lowest BCUT2D eigenvalue weighted by atomic mass is 9.83. The number of carbonyl (C=O) groups excluding carboxylic acids is 2. The highest BCUT2D eigenvalue weighted by Gasteiger charge is 2.42. The first kappa shape index (κ1) is 13.8. The zero-order valence-corrected chi connectivity index (χ0v) is 9.89. The first-order chi connectivity index (χ1) is 7.50. The summed E-state index contributed by atoms with van der Waals surface area (Å²) in [5.41, 5.74) is -0.365. The number of urea groups is 1. The van der Waals surface area contributed by atoms with Gasteiger partial charge in [0.05, 0.1) is 0 Å². The van der Waals surface area contributed by atoms with Gasteiger partial charge in [-0.05, 0) is 5.41 Å². The van der Waals surface area contributed by atoms with E-state index in [1.807, 2.05) is 20.8 Å². The van der Waals surface area contributed by atoms with Crippen molar-refractivity contribution in [2.75, 3.05) is 6.54 Å². The fraction of sp³-hybridized carbons (Fsp3) is 0.800. The molecule has 17 heavy (non-hydrogen) atoms. The fourth-order valence-electron chi connectivity index (χ4n) is 1.54. The molecule has 1 fully saturated rings. The summed E-state index contributed by atoms with van der Waals surface area (Å²) in [6.45, 7) is 3.90. The number of alkyl halides is 3. The maximum atomic E-state index is 12.1. The first-order valence-corrected chi connectivity index (χ1v) is 5.18. The van der Waals surface area contributed by atoms with Gasteiger partial charge in [0.15, 0.2) is 0 Å². The third-order valence-corrected chi connectivity index (χ3v) is 2.61. The van der Waals surface area contributed by atoms with Crippen molar-refractivity contribution in [1.29, 1.82) is 0 Å². The number of hydrogen-bond acceptors (Lipinski definition) is 2. The van der Waals surface area contributed by atoms with Crippen LogP contribution in [-0.4, -0.2) is 35.6 Å². The summed E-state index contributed by atoms with van der Waals surface area (Å²) in [6.07, 6.45) is -4.67. The highest BCUT2D eigenvalue weighted by molar-refractivity contribution is 5.97. The van der Waals surface area contributed by atoms with Gasteiger partial charge in [0, 0.05) is 12.5 Å². The van der Waals surface area contributed by atoms with Gasteiger partial charge >= 0.3 is 12.2 Å². The zero-order valence-electron chi connectivity index (χ0n) is 9.89. The molecule has 0 aromatic heterocycles. The Balaban J connectivity index is 2.77. The molecular formula is C10H15F3N2O2. The largest absolute Gasteiger partial charge is 0.406 e. The minimum Gasteiger partial charge on any atom is -0.334 e. The van der Waals surface area contributed by atoms with Crippen LogP contribution in [-0.2, 0) is 4.79 Å². The Morgan fingerprint density at radius 2 is 1.82 bits per heavy atom. The van der Waals surface area contributed by atoms with Crippen molar-refractivity contribution in [3.8, 4) is 0 Å². The molecule has 0 saturated carbocycles. The standard InChI is InChI=1S/C10H15F3N2O2/c1-9(2,3)6-4-7(16)15(8(17)14-6)5-10(11,12)13/h6H,4-5H2,1-3H3,(H,14,17). The Hall–Kier alpha value is -1.27. The molecule has 7 heteroatoms. The number of hydrogen-bond donors (Lipinski definition) is 1. The van der Waals surface area contributed by atoms with Crippen molar-refractivity contribution < 1.29 is 22.8 Å². The van der Waals surface area contributed by atoms with Crippen LogP contribution in [0.5, 0.6) is 0 Å². The summed E-state index contributed by atoms with van der Waals surface area (Å²) in [4.78, 5) is 23.1. The van der Waals surface area contributed by atoms with Crippen LogP contribution in [0.15, 0.2) is 0 Å². The lowest BCUT2D eigenvalue weighted by Gasteiger charge is -2.38. The van der Waals surface area contributed by atoms with Crippen molar-refractivity contribution >= 4 is 11.9 Å². The highest BCUT2D eigenvalue weighted by Crippen LogP contribution is 2.26. The topological polar surface area (TPSA) is 49.4 Å². The molecule has 0 aromatic rings. The van der Waals surface area contributed by atoms with Crippen LogP contribution in [0.1, 0.15) is 27.2 Å². The maximum absolute atomic E-state index is 12.1. The Morgan fingerprint density at radius 1 is 1.29 bits per heavy atom. The van der Waals surface area contributed by atoms with Crippen LogP contribution in [0.2, 0.25) is 0 Å². The molecule has 1 rings (SSSR count). The van der Waals surface area contributed by atoms with Gasteiger partial charge in [0.1, 0.15) is 6.54 Å². The van der Waals surface area contributed by atoms with E-state index < -0.39 is 30.7 Å². The molecule has 1 unspecified atom stereocenters. The number of carbonyl (C=O) groups is 2. The molecule has 1 saturated heterocycles. The third-order valence-electron chi connectivity index (χ3n) is 2.61. The van der Waals surface area contributed by atoms with Crippen molar-refractivity contribution in [2.24, 2.45) is 5.41 Å². The van der Waals surface area contributed by atoms with Crippen molar-refractivity contribution in [1.82, 2.24) is 10.2 Å². The number of rotatable bonds is 1. The number of halogens is 3. The van der Waals surface area contributed by atoms with E-state index in [9.17, 15) is 22.8 Å². The van der Waals surface area contributed by atoms with Crippen molar-refractivity contribution in [3.63, 3.8) is 0 Å². The SMILES string of the molecule is CC(C)(C)C1CC(=O)N(CC(F)(F)F)C(=O)N1. The van der Waals surface area contributed by atoms with E-state index in [1.54, 1.807) is 0 Å². The number of imide groups is 1. The minimum absolute atomic E-state index is 0.106. The molecule has 0 aliphatic carbocycles. The van der Waals surface area contributed by atoms with Crippen molar-refractivity contribution in [2.45, 2.75) is 39.4 Å². The monoisotopic (exact) mass is 252 g/mol. The van der Waals surface area contributed by atoms with E-state index in [2.05, 4.69) is 5.32 Å². The van der Waals surface area contributed by atoms with Gasteiger partial charge in [-0.2, -0.15) is 13.2 Å². The van der Waals surface area contributed by atoms with E-state index in [1.165, 1.54) is 0 Å². The quantitative estimate of drug-likeness (QED) is 0.775. The van der Waals surface area contributed by atoms with Crippen LogP contribution < -0.4 is 5.32 Å². The molecular weight excluding hydrogens is 237 g/mol. The van der Waals surface area contributed by atoms with Gasteiger partial charge in [-0.25, -0.2) is 4.79 Å². The average Bonchev–Trinajstić information content (AvgIpc) is 2.07. The maximum Gasteiger partial charge on any atom is 0.406 e. The smallest absolute Gasteiger partial charge is 0.334 e. The minimum atomic E-state index is -4.57. The Morgan fingerprint density at radius 3 is 2.18 bits per heavy atom. The second kappa shape index (κ2) is 4.19. The van der Waals surface area contributed by atoms with Crippen molar-refractivity contribution in [3.05, 3.63) is 0 Å². The van der Waals surface area contributed by atoms with E-state index in [4.69, 9.17) is 0 Å². The molecule has 1 heterocycles. The molecule has 0 bridgehead atoms. The van der Waals surface area contributed by atoms with Gasteiger partial charge in [-0.1, -0.05) is 20.8 Å². The van der Waals surface area contributed by atoms with Crippen LogP contribution >= 0.6 is 0 Å². The summed E-state index contributed by atoms with van der Waals surface area (Å²) < 4.78 is 36.4. The van der Waals surface area contributed by atoms with Gasteiger partial charge in [-0.3, -0.25) is 9.69 Å². The Labute approximate surface area is 97.1 Å².